The van der Waals surface area contributed by atoms with Gasteiger partial charge in [0.25, 0.3) is 5.91 Å². The van der Waals surface area contributed by atoms with Gasteiger partial charge in [0, 0.05) is 16.1 Å². The van der Waals surface area contributed by atoms with Crippen molar-refractivity contribution >= 4 is 32.6 Å². The highest BCUT2D eigenvalue weighted by molar-refractivity contribution is 9.10. The van der Waals surface area contributed by atoms with Gasteiger partial charge in [0.15, 0.2) is 0 Å². The summed E-state index contributed by atoms with van der Waals surface area (Å²) in [6.45, 7) is 5.97. The van der Waals surface area contributed by atoms with Crippen molar-refractivity contribution in [3.8, 4) is 0 Å². The molecule has 2 nitrogen and oxygen atoms in total. The predicted molar refractivity (Wildman–Crippen MR) is 79.0 cm³/mol. The van der Waals surface area contributed by atoms with Gasteiger partial charge >= 0.3 is 0 Å². The van der Waals surface area contributed by atoms with Gasteiger partial charge in [0.2, 0.25) is 0 Å². The molecule has 0 saturated heterocycles. The van der Waals surface area contributed by atoms with Gasteiger partial charge < -0.3 is 5.32 Å². The average Bonchev–Trinajstić information content (AvgIpc) is 2.32. The van der Waals surface area contributed by atoms with Crippen molar-refractivity contribution in [2.45, 2.75) is 26.8 Å². The fraction of sp³-hybridized carbons (Fsp3) is 0.267. The summed E-state index contributed by atoms with van der Waals surface area (Å²) in [4.78, 5) is 11.9. The second-order valence-electron chi connectivity index (χ2n) is 4.76. The van der Waals surface area contributed by atoms with Gasteiger partial charge in [-0.15, -0.1) is 0 Å². The first-order chi connectivity index (χ1) is 8.49. The number of rotatable bonds is 2. The topological polar surface area (TPSA) is 29.1 Å². The Morgan fingerprint density at radius 1 is 1.22 bits per heavy atom. The largest absolute Gasteiger partial charge is 0.350 e. The molecule has 3 heteroatoms. The van der Waals surface area contributed by atoms with E-state index in [9.17, 15) is 4.79 Å². The molecule has 0 radical (unpaired) electrons. The zero-order valence-electron chi connectivity index (χ0n) is 10.8. The van der Waals surface area contributed by atoms with Crippen LogP contribution < -0.4 is 5.32 Å². The van der Waals surface area contributed by atoms with Crippen LogP contribution in [-0.2, 0) is 0 Å². The Labute approximate surface area is 116 Å². The lowest BCUT2D eigenvalue weighted by Crippen LogP contribution is -2.29. The number of nitrogens with one attached hydrogen (secondary N) is 1. The zero-order valence-corrected chi connectivity index (χ0v) is 12.3. The molecule has 0 unspecified atom stereocenters. The minimum Gasteiger partial charge on any atom is -0.350 e. The van der Waals surface area contributed by atoms with E-state index in [0.717, 1.165) is 15.2 Å². The van der Waals surface area contributed by atoms with Crippen LogP contribution in [0.3, 0.4) is 0 Å². The van der Waals surface area contributed by atoms with Crippen LogP contribution in [0.15, 0.2) is 34.8 Å². The van der Waals surface area contributed by atoms with E-state index in [1.807, 2.05) is 38.1 Å². The molecule has 2 rings (SSSR count). The van der Waals surface area contributed by atoms with E-state index in [0.29, 0.717) is 5.56 Å². The van der Waals surface area contributed by atoms with E-state index in [1.54, 1.807) is 0 Å². The maximum Gasteiger partial charge on any atom is 0.251 e. The molecule has 0 heterocycles. The lowest BCUT2D eigenvalue weighted by Gasteiger charge is -2.10. The fourth-order valence-electron chi connectivity index (χ4n) is 1.89. The highest BCUT2D eigenvalue weighted by Gasteiger charge is 2.09. The van der Waals surface area contributed by atoms with Crippen molar-refractivity contribution < 1.29 is 4.79 Å². The summed E-state index contributed by atoms with van der Waals surface area (Å²) in [6.07, 6.45) is 0. The Hall–Kier alpha value is -1.35. The van der Waals surface area contributed by atoms with Gasteiger partial charge in [0.1, 0.15) is 0 Å². The second kappa shape index (κ2) is 5.11. The molecule has 0 bridgehead atoms. The standard InChI is InChI=1S/C15H16BrNO/c1-9(2)17-15(18)12-6-7-13-11(8-12)5-4-10(3)14(13)16/h4-9H,1-3H3,(H,17,18). The molecule has 1 N–H and O–H groups in total. The molecule has 1 amide bonds. The lowest BCUT2D eigenvalue weighted by molar-refractivity contribution is 0.0943. The summed E-state index contributed by atoms with van der Waals surface area (Å²) in [6, 6.07) is 10.0. The van der Waals surface area contributed by atoms with Gasteiger partial charge in [-0.2, -0.15) is 0 Å². The van der Waals surface area contributed by atoms with E-state index in [-0.39, 0.29) is 11.9 Å². The molecule has 2 aromatic rings. The number of benzene rings is 2. The normalized spacial score (nSPS) is 10.9. The average molecular weight is 306 g/mol. The van der Waals surface area contributed by atoms with Crippen LogP contribution in [0.5, 0.6) is 0 Å². The summed E-state index contributed by atoms with van der Waals surface area (Å²) in [5.41, 5.74) is 1.90. The molecule has 0 aliphatic carbocycles. The Morgan fingerprint density at radius 2 is 1.94 bits per heavy atom. The first-order valence-electron chi connectivity index (χ1n) is 5.99. The van der Waals surface area contributed by atoms with Crippen molar-refractivity contribution in [1.82, 2.24) is 5.32 Å². The number of carbonyl (C=O) groups is 1. The maximum atomic E-state index is 11.9. The highest BCUT2D eigenvalue weighted by Crippen LogP contribution is 2.27. The minimum atomic E-state index is -0.0244. The number of halogens is 1. The number of hydrogen-bond donors (Lipinski definition) is 1. The van der Waals surface area contributed by atoms with Crippen molar-refractivity contribution in [1.29, 1.82) is 0 Å². The van der Waals surface area contributed by atoms with E-state index in [2.05, 4.69) is 34.2 Å². The number of amides is 1. The minimum absolute atomic E-state index is 0.0244. The van der Waals surface area contributed by atoms with Crippen molar-refractivity contribution in [2.24, 2.45) is 0 Å². The van der Waals surface area contributed by atoms with Gasteiger partial charge in [-0.3, -0.25) is 4.79 Å². The third-order valence-corrected chi connectivity index (χ3v) is 3.88. The number of aryl methyl sites for hydroxylation is 1. The molecular formula is C15H16BrNO. The van der Waals surface area contributed by atoms with Gasteiger partial charge in [-0.1, -0.05) is 18.2 Å². The summed E-state index contributed by atoms with van der Waals surface area (Å²) in [5.74, 6) is -0.0244. The van der Waals surface area contributed by atoms with Crippen molar-refractivity contribution in [3.05, 3.63) is 45.9 Å². The molecular weight excluding hydrogens is 290 g/mol. The van der Waals surface area contributed by atoms with E-state index < -0.39 is 0 Å². The van der Waals surface area contributed by atoms with Crippen LogP contribution in [0, 0.1) is 6.92 Å². The lowest BCUT2D eigenvalue weighted by atomic mass is 10.0. The third-order valence-electron chi connectivity index (χ3n) is 2.83. The molecule has 0 spiro atoms. The first-order valence-corrected chi connectivity index (χ1v) is 6.78. The molecule has 0 aliphatic rings. The van der Waals surface area contributed by atoms with Crippen LogP contribution in [0.25, 0.3) is 10.8 Å². The Kier molecular flexibility index (Phi) is 3.71. The molecule has 94 valence electrons. The number of carbonyl (C=O) groups excluding carboxylic acids is 1. The van der Waals surface area contributed by atoms with Crippen LogP contribution in [0.4, 0.5) is 0 Å². The molecule has 0 saturated carbocycles. The van der Waals surface area contributed by atoms with Crippen LogP contribution in [0.2, 0.25) is 0 Å². The SMILES string of the molecule is Cc1ccc2cc(C(=O)NC(C)C)ccc2c1Br. The van der Waals surface area contributed by atoms with Crippen LogP contribution >= 0.6 is 15.9 Å². The number of hydrogen-bond acceptors (Lipinski definition) is 1. The molecule has 0 aromatic heterocycles. The molecule has 0 fully saturated rings. The molecule has 0 aliphatic heterocycles. The van der Waals surface area contributed by atoms with Gasteiger partial charge in [0.05, 0.1) is 0 Å². The Bertz CT molecular complexity index is 605. The van der Waals surface area contributed by atoms with Gasteiger partial charge in [-0.25, -0.2) is 0 Å². The van der Waals surface area contributed by atoms with E-state index in [4.69, 9.17) is 0 Å². The smallest absolute Gasteiger partial charge is 0.251 e. The summed E-state index contributed by atoms with van der Waals surface area (Å²) >= 11 is 3.58. The first kappa shape index (κ1) is 13.1. The van der Waals surface area contributed by atoms with Crippen molar-refractivity contribution in [2.75, 3.05) is 0 Å². The molecule has 18 heavy (non-hydrogen) atoms. The summed E-state index contributed by atoms with van der Waals surface area (Å²) in [7, 11) is 0. The van der Waals surface area contributed by atoms with Crippen molar-refractivity contribution in [3.63, 3.8) is 0 Å². The second-order valence-corrected chi connectivity index (χ2v) is 5.55. The quantitative estimate of drug-likeness (QED) is 0.891. The highest BCUT2D eigenvalue weighted by atomic mass is 79.9. The zero-order chi connectivity index (χ0) is 13.3. The van der Waals surface area contributed by atoms with E-state index >= 15 is 0 Å². The predicted octanol–water partition coefficient (Wildman–Crippen LogP) is 4.05. The summed E-state index contributed by atoms with van der Waals surface area (Å²) < 4.78 is 1.09. The monoisotopic (exact) mass is 305 g/mol. The van der Waals surface area contributed by atoms with Gasteiger partial charge in [-0.05, 0) is 65.2 Å². The molecule has 2 aromatic carbocycles. The van der Waals surface area contributed by atoms with E-state index in [1.165, 1.54) is 5.56 Å². The Morgan fingerprint density at radius 3 is 2.61 bits per heavy atom. The Balaban J connectivity index is 2.45. The third kappa shape index (κ3) is 2.56. The van der Waals surface area contributed by atoms with Crippen LogP contribution in [0.1, 0.15) is 29.8 Å². The maximum absolute atomic E-state index is 11.9. The number of fused-ring (bicyclic) bond motifs is 1. The van der Waals surface area contributed by atoms with Crippen LogP contribution in [-0.4, -0.2) is 11.9 Å². The molecule has 0 atom stereocenters. The summed E-state index contributed by atoms with van der Waals surface area (Å²) in [5, 5.41) is 5.11. The fourth-order valence-corrected chi connectivity index (χ4v) is 2.38.